The van der Waals surface area contributed by atoms with E-state index >= 15 is 0 Å². The van der Waals surface area contributed by atoms with Crippen molar-refractivity contribution in [3.05, 3.63) is 0 Å². The number of terminal acetylenes is 1. The fourth-order valence-electron chi connectivity index (χ4n) is 2.78. The van der Waals surface area contributed by atoms with Crippen LogP contribution in [-0.2, 0) is 0 Å². The smallest absolute Gasteiger partial charge is 0.0780 e. The molecule has 0 bridgehead atoms. The van der Waals surface area contributed by atoms with Gasteiger partial charge in [-0.05, 0) is 12.8 Å². The molecule has 0 saturated heterocycles. The third-order valence-corrected chi connectivity index (χ3v) is 4.58. The molecule has 0 spiro atoms. The molecule has 0 aromatic heterocycles. The van der Waals surface area contributed by atoms with E-state index in [4.69, 9.17) is 6.42 Å². The van der Waals surface area contributed by atoms with E-state index in [1.807, 2.05) is 0 Å². The van der Waals surface area contributed by atoms with Gasteiger partial charge in [0.25, 0.3) is 0 Å². The SMILES string of the molecule is C#CCBr.CCCCCCCCCCCCCCCC[N+](C)(C)C.[Br-]. The van der Waals surface area contributed by atoms with Gasteiger partial charge in [-0.3, -0.25) is 0 Å². The predicted molar refractivity (Wildman–Crippen MR) is 116 cm³/mol. The van der Waals surface area contributed by atoms with Crippen LogP contribution >= 0.6 is 15.9 Å². The number of hydrogen-bond donors (Lipinski definition) is 0. The van der Waals surface area contributed by atoms with Crippen molar-refractivity contribution >= 4 is 15.9 Å². The van der Waals surface area contributed by atoms with Crippen LogP contribution in [0.5, 0.6) is 0 Å². The number of hydrogen-bond acceptors (Lipinski definition) is 0. The Kier molecular flexibility index (Phi) is 29.6. The maximum Gasteiger partial charge on any atom is 0.0780 e. The normalized spacial score (nSPS) is 10.4. The molecule has 152 valence electrons. The zero-order chi connectivity index (χ0) is 18.5. The summed E-state index contributed by atoms with van der Waals surface area (Å²) >= 11 is 3.01. The Morgan fingerprint density at radius 1 is 0.680 bits per heavy atom. The third-order valence-electron chi connectivity index (χ3n) is 4.26. The highest BCUT2D eigenvalue weighted by Gasteiger charge is 2.04. The Morgan fingerprint density at radius 3 is 1.20 bits per heavy atom. The van der Waals surface area contributed by atoms with Crippen LogP contribution in [0, 0.1) is 12.3 Å². The number of nitrogens with zero attached hydrogens (tertiary/aromatic N) is 1. The second kappa shape index (κ2) is 24.5. The van der Waals surface area contributed by atoms with Gasteiger partial charge in [-0.2, -0.15) is 0 Å². The zero-order valence-electron chi connectivity index (χ0n) is 17.6. The lowest BCUT2D eigenvalue weighted by Gasteiger charge is -2.23. The van der Waals surface area contributed by atoms with Crippen molar-refractivity contribution in [3.63, 3.8) is 0 Å². The van der Waals surface area contributed by atoms with E-state index in [-0.39, 0.29) is 17.0 Å². The predicted octanol–water partition coefficient (Wildman–Crippen LogP) is 4.19. The fraction of sp³-hybridized carbons (Fsp3) is 0.909. The minimum absolute atomic E-state index is 0. The van der Waals surface area contributed by atoms with E-state index in [9.17, 15) is 0 Å². The molecular weight excluding hydrogens is 438 g/mol. The van der Waals surface area contributed by atoms with Crippen molar-refractivity contribution in [2.24, 2.45) is 0 Å². The molecule has 25 heavy (non-hydrogen) atoms. The molecule has 0 saturated carbocycles. The quantitative estimate of drug-likeness (QED) is 0.142. The van der Waals surface area contributed by atoms with Gasteiger partial charge in [-0.25, -0.2) is 0 Å². The summed E-state index contributed by atoms with van der Waals surface area (Å²) in [4.78, 5) is 0. The molecule has 0 aromatic carbocycles. The summed E-state index contributed by atoms with van der Waals surface area (Å²) in [7, 11) is 6.88. The standard InChI is InChI=1S/C19H42N.C3H3Br.BrH/c1-5-6-7-8-9-10-11-12-13-14-15-16-17-18-19-20(2,3)4;1-2-3-4;/h5-19H2,1-4H3;1H,3H2;1H/q+1;;/p-1. The summed E-state index contributed by atoms with van der Waals surface area (Å²) in [5.74, 6) is 2.35. The van der Waals surface area contributed by atoms with Crippen molar-refractivity contribution in [3.8, 4) is 12.3 Å². The lowest BCUT2D eigenvalue weighted by Crippen LogP contribution is -3.00. The zero-order valence-corrected chi connectivity index (χ0v) is 20.8. The number of rotatable bonds is 15. The average molecular weight is 483 g/mol. The molecule has 0 radical (unpaired) electrons. The van der Waals surface area contributed by atoms with Crippen LogP contribution in [0.15, 0.2) is 0 Å². The molecule has 0 aromatic rings. The first-order valence-electron chi connectivity index (χ1n) is 10.3. The third kappa shape index (κ3) is 36.2. The molecule has 0 aliphatic rings. The highest BCUT2D eigenvalue weighted by molar-refractivity contribution is 9.09. The van der Waals surface area contributed by atoms with E-state index < -0.39 is 0 Å². The van der Waals surface area contributed by atoms with Crippen LogP contribution < -0.4 is 17.0 Å². The topological polar surface area (TPSA) is 0 Å². The van der Waals surface area contributed by atoms with Gasteiger partial charge in [-0.1, -0.05) is 106 Å². The minimum atomic E-state index is 0. The highest BCUT2D eigenvalue weighted by atomic mass is 79.9. The van der Waals surface area contributed by atoms with Crippen LogP contribution in [0.1, 0.15) is 96.8 Å². The van der Waals surface area contributed by atoms with Crippen molar-refractivity contribution in [2.75, 3.05) is 33.0 Å². The first-order valence-corrected chi connectivity index (χ1v) is 11.4. The van der Waals surface area contributed by atoms with Gasteiger partial charge in [0.05, 0.1) is 33.0 Å². The Bertz CT molecular complexity index is 266. The Hall–Kier alpha value is 0.480. The lowest BCUT2D eigenvalue weighted by molar-refractivity contribution is -0.870. The fourth-order valence-corrected chi connectivity index (χ4v) is 2.78. The number of quaternary nitrogens is 1. The molecular formula is C22H45Br2N. The highest BCUT2D eigenvalue weighted by Crippen LogP contribution is 2.13. The van der Waals surface area contributed by atoms with Crippen molar-refractivity contribution in [1.82, 2.24) is 0 Å². The van der Waals surface area contributed by atoms with E-state index in [0.717, 1.165) is 4.48 Å². The van der Waals surface area contributed by atoms with Gasteiger partial charge >= 0.3 is 0 Å². The van der Waals surface area contributed by atoms with Gasteiger partial charge in [0.2, 0.25) is 0 Å². The number of halogens is 2. The second-order valence-electron chi connectivity index (χ2n) is 7.95. The summed E-state index contributed by atoms with van der Waals surface area (Å²) in [5.41, 5.74) is 0. The van der Waals surface area contributed by atoms with E-state index in [0.29, 0.717) is 5.33 Å². The Morgan fingerprint density at radius 2 is 0.960 bits per heavy atom. The Balaban J connectivity index is -0.000000867. The summed E-state index contributed by atoms with van der Waals surface area (Å²) in [5, 5.41) is 0.660. The molecule has 0 aliphatic heterocycles. The van der Waals surface area contributed by atoms with Crippen LogP contribution in [0.25, 0.3) is 0 Å². The van der Waals surface area contributed by atoms with Crippen LogP contribution in [0.2, 0.25) is 0 Å². The van der Waals surface area contributed by atoms with Gasteiger partial charge in [-0.15, -0.1) is 6.42 Å². The molecule has 0 atom stereocenters. The van der Waals surface area contributed by atoms with Crippen LogP contribution in [0.3, 0.4) is 0 Å². The lowest BCUT2D eigenvalue weighted by atomic mass is 10.0. The summed E-state index contributed by atoms with van der Waals surface area (Å²) in [6.45, 7) is 3.63. The van der Waals surface area contributed by atoms with Gasteiger partial charge in [0, 0.05) is 0 Å². The molecule has 0 heterocycles. The van der Waals surface area contributed by atoms with E-state index in [1.165, 1.54) is 96.4 Å². The van der Waals surface area contributed by atoms with E-state index in [2.05, 4.69) is 49.9 Å². The molecule has 0 unspecified atom stereocenters. The van der Waals surface area contributed by atoms with Crippen molar-refractivity contribution < 1.29 is 21.5 Å². The maximum absolute atomic E-state index is 4.73. The van der Waals surface area contributed by atoms with Gasteiger partial charge < -0.3 is 21.5 Å². The summed E-state index contributed by atoms with van der Waals surface area (Å²) in [6.07, 6.45) is 25.1. The first kappa shape index (κ1) is 30.2. The summed E-state index contributed by atoms with van der Waals surface area (Å²) in [6, 6.07) is 0. The van der Waals surface area contributed by atoms with Gasteiger partial charge in [0.1, 0.15) is 0 Å². The van der Waals surface area contributed by atoms with Crippen LogP contribution in [0.4, 0.5) is 0 Å². The maximum atomic E-state index is 4.73. The van der Waals surface area contributed by atoms with E-state index in [1.54, 1.807) is 0 Å². The molecule has 0 aliphatic carbocycles. The van der Waals surface area contributed by atoms with Crippen LogP contribution in [-0.4, -0.2) is 37.5 Å². The largest absolute Gasteiger partial charge is 1.00 e. The molecule has 1 nitrogen and oxygen atoms in total. The minimum Gasteiger partial charge on any atom is -1.00 e. The first-order chi connectivity index (χ1) is 11.5. The van der Waals surface area contributed by atoms with Crippen molar-refractivity contribution in [2.45, 2.75) is 96.8 Å². The summed E-state index contributed by atoms with van der Waals surface area (Å²) < 4.78 is 1.12. The molecule has 0 N–H and O–H groups in total. The number of unbranched alkanes of at least 4 members (excludes halogenated alkanes) is 13. The molecule has 3 heteroatoms. The van der Waals surface area contributed by atoms with Crippen molar-refractivity contribution in [1.29, 1.82) is 0 Å². The monoisotopic (exact) mass is 481 g/mol. The Labute approximate surface area is 179 Å². The second-order valence-corrected chi connectivity index (χ2v) is 8.51. The average Bonchev–Trinajstić information content (AvgIpc) is 2.54. The molecule has 0 rings (SSSR count). The number of alkyl halides is 1. The molecule has 0 fully saturated rings. The van der Waals surface area contributed by atoms with Gasteiger partial charge in [0.15, 0.2) is 0 Å². The molecule has 0 amide bonds.